The summed E-state index contributed by atoms with van der Waals surface area (Å²) in [7, 11) is 0. The Hall–Kier alpha value is -2.04. The van der Waals surface area contributed by atoms with Crippen molar-refractivity contribution in [2.24, 2.45) is 5.11 Å². The Morgan fingerprint density at radius 3 is 2.61 bits per heavy atom. The van der Waals surface area contributed by atoms with Crippen molar-refractivity contribution in [2.75, 3.05) is 0 Å². The zero-order valence-corrected chi connectivity index (χ0v) is 10.6. The normalized spacial score (nSPS) is 12.4. The third kappa shape index (κ3) is 3.76. The van der Waals surface area contributed by atoms with Gasteiger partial charge in [0.05, 0.1) is 0 Å². The van der Waals surface area contributed by atoms with Crippen molar-refractivity contribution < 1.29 is 9.90 Å². The number of amides is 1. The Morgan fingerprint density at radius 2 is 2.06 bits per heavy atom. The molecule has 1 amide bonds. The lowest BCUT2D eigenvalue weighted by Gasteiger charge is -2.23. The molecule has 0 spiro atoms. The van der Waals surface area contributed by atoms with Crippen LogP contribution in [-0.2, 0) is 4.79 Å². The van der Waals surface area contributed by atoms with E-state index in [9.17, 15) is 9.90 Å². The lowest BCUT2D eigenvalue weighted by atomic mass is 10.0. The number of nitrogens with one attached hydrogen (secondary N) is 1. The molecular formula is C12H16N4O2. The number of hydrogen-bond acceptors (Lipinski definition) is 3. The summed E-state index contributed by atoms with van der Waals surface area (Å²) in [6, 6.07) is 6.43. The highest BCUT2D eigenvalue weighted by atomic mass is 16.3. The first-order chi connectivity index (χ1) is 8.35. The minimum Gasteiger partial charge on any atom is -0.378 e. The van der Waals surface area contributed by atoms with E-state index in [0.717, 1.165) is 0 Å². The molecule has 0 fully saturated rings. The Morgan fingerprint density at radius 1 is 1.44 bits per heavy atom. The van der Waals surface area contributed by atoms with Crippen molar-refractivity contribution in [3.8, 4) is 0 Å². The highest BCUT2D eigenvalue weighted by Crippen LogP contribution is 2.26. The molecule has 0 heterocycles. The van der Waals surface area contributed by atoms with Crippen LogP contribution in [0.4, 0.5) is 5.69 Å². The average Bonchev–Trinajstić information content (AvgIpc) is 2.27. The first-order valence-electron chi connectivity index (χ1n) is 5.49. The maximum absolute atomic E-state index is 11.8. The van der Waals surface area contributed by atoms with Crippen molar-refractivity contribution in [2.45, 2.75) is 32.4 Å². The molecule has 0 aromatic heterocycles. The van der Waals surface area contributed by atoms with E-state index in [-0.39, 0.29) is 11.3 Å². The Bertz CT molecular complexity index is 487. The second-order valence-corrected chi connectivity index (χ2v) is 4.89. The molecule has 0 aliphatic heterocycles. The largest absolute Gasteiger partial charge is 0.378 e. The van der Waals surface area contributed by atoms with E-state index >= 15 is 0 Å². The predicted octanol–water partition coefficient (Wildman–Crippen LogP) is 2.58. The van der Waals surface area contributed by atoms with E-state index in [4.69, 9.17) is 5.53 Å². The van der Waals surface area contributed by atoms with Crippen LogP contribution in [0.5, 0.6) is 0 Å². The van der Waals surface area contributed by atoms with Gasteiger partial charge in [-0.15, -0.1) is 0 Å². The third-order valence-corrected chi connectivity index (χ3v) is 2.13. The fourth-order valence-corrected chi connectivity index (χ4v) is 1.44. The van der Waals surface area contributed by atoms with Gasteiger partial charge < -0.3 is 10.4 Å². The zero-order valence-electron chi connectivity index (χ0n) is 10.6. The molecule has 1 rings (SSSR count). The second-order valence-electron chi connectivity index (χ2n) is 4.89. The molecular weight excluding hydrogens is 232 g/mol. The standard InChI is InChI=1S/C12H16N4O2/c1-12(2,3)14-11(18)10(17)8-6-4-5-7-9(8)15-16-13/h4-7,10,17H,1-3H3,(H,14,18). The van der Waals surface area contributed by atoms with Crippen LogP contribution in [-0.4, -0.2) is 16.6 Å². The summed E-state index contributed by atoms with van der Waals surface area (Å²) in [6.07, 6.45) is -1.36. The average molecular weight is 248 g/mol. The lowest BCUT2D eigenvalue weighted by molar-refractivity contribution is -0.131. The van der Waals surface area contributed by atoms with Crippen molar-refractivity contribution in [3.63, 3.8) is 0 Å². The molecule has 0 radical (unpaired) electrons. The summed E-state index contributed by atoms with van der Waals surface area (Å²) in [4.78, 5) is 14.5. The molecule has 2 N–H and O–H groups in total. The lowest BCUT2D eigenvalue weighted by Crippen LogP contribution is -2.43. The quantitative estimate of drug-likeness (QED) is 0.488. The van der Waals surface area contributed by atoms with Crippen LogP contribution in [0.15, 0.2) is 29.4 Å². The Kier molecular flexibility index (Phi) is 4.31. The minimum atomic E-state index is -1.36. The molecule has 1 aromatic rings. The van der Waals surface area contributed by atoms with Crippen LogP contribution in [0.3, 0.4) is 0 Å². The van der Waals surface area contributed by atoms with Gasteiger partial charge in [0.15, 0.2) is 6.10 Å². The smallest absolute Gasteiger partial charge is 0.253 e. The van der Waals surface area contributed by atoms with Gasteiger partial charge in [0.2, 0.25) is 0 Å². The predicted molar refractivity (Wildman–Crippen MR) is 68.1 cm³/mol. The van der Waals surface area contributed by atoms with Crippen LogP contribution in [0.25, 0.3) is 10.4 Å². The third-order valence-electron chi connectivity index (χ3n) is 2.13. The zero-order chi connectivity index (χ0) is 13.8. The van der Waals surface area contributed by atoms with Gasteiger partial charge in [-0.2, -0.15) is 0 Å². The van der Waals surface area contributed by atoms with Crippen LogP contribution < -0.4 is 5.32 Å². The number of aliphatic hydroxyl groups is 1. The topological polar surface area (TPSA) is 98.1 Å². The maximum Gasteiger partial charge on any atom is 0.253 e. The monoisotopic (exact) mass is 248 g/mol. The second kappa shape index (κ2) is 5.53. The molecule has 1 aromatic carbocycles. The Labute approximate surface area is 105 Å². The highest BCUT2D eigenvalue weighted by Gasteiger charge is 2.23. The fraction of sp³-hybridized carbons (Fsp3) is 0.417. The number of hydrogen-bond donors (Lipinski definition) is 2. The first kappa shape index (κ1) is 14.0. The van der Waals surface area contributed by atoms with Gasteiger partial charge in [-0.25, -0.2) is 0 Å². The number of rotatable bonds is 3. The van der Waals surface area contributed by atoms with Gasteiger partial charge in [-0.1, -0.05) is 29.4 Å². The van der Waals surface area contributed by atoms with Crippen molar-refractivity contribution in [1.82, 2.24) is 5.32 Å². The highest BCUT2D eigenvalue weighted by molar-refractivity contribution is 5.84. The number of azide groups is 1. The van der Waals surface area contributed by atoms with Crippen LogP contribution in [0, 0.1) is 0 Å². The number of aliphatic hydroxyl groups excluding tert-OH is 1. The van der Waals surface area contributed by atoms with Gasteiger partial charge >= 0.3 is 0 Å². The van der Waals surface area contributed by atoms with Gasteiger partial charge in [0.25, 0.3) is 5.91 Å². The van der Waals surface area contributed by atoms with E-state index < -0.39 is 17.6 Å². The number of benzene rings is 1. The molecule has 0 bridgehead atoms. The van der Waals surface area contributed by atoms with Gasteiger partial charge in [0.1, 0.15) is 0 Å². The summed E-state index contributed by atoms with van der Waals surface area (Å²) < 4.78 is 0. The molecule has 18 heavy (non-hydrogen) atoms. The van der Waals surface area contributed by atoms with Crippen LogP contribution in [0.2, 0.25) is 0 Å². The summed E-state index contributed by atoms with van der Waals surface area (Å²) in [5, 5.41) is 16.1. The van der Waals surface area contributed by atoms with E-state index in [1.54, 1.807) is 24.3 Å². The minimum absolute atomic E-state index is 0.247. The van der Waals surface area contributed by atoms with Gasteiger partial charge in [0, 0.05) is 16.1 Å². The molecule has 0 aliphatic rings. The van der Waals surface area contributed by atoms with Crippen LogP contribution >= 0.6 is 0 Å². The molecule has 6 heteroatoms. The summed E-state index contributed by atoms with van der Waals surface area (Å²) in [5.74, 6) is -0.525. The van der Waals surface area contributed by atoms with E-state index in [0.29, 0.717) is 0 Å². The van der Waals surface area contributed by atoms with E-state index in [1.807, 2.05) is 20.8 Å². The molecule has 1 atom stereocenters. The maximum atomic E-state index is 11.8. The SMILES string of the molecule is CC(C)(C)NC(=O)C(O)c1ccccc1N=[N+]=[N-]. The van der Waals surface area contributed by atoms with Crippen molar-refractivity contribution in [3.05, 3.63) is 40.3 Å². The molecule has 6 nitrogen and oxygen atoms in total. The molecule has 0 saturated heterocycles. The first-order valence-corrected chi connectivity index (χ1v) is 5.49. The molecule has 1 unspecified atom stereocenters. The molecule has 0 aliphatic carbocycles. The van der Waals surface area contributed by atoms with Crippen LogP contribution in [0.1, 0.15) is 32.4 Å². The Balaban J connectivity index is 3.00. The molecule has 96 valence electrons. The summed E-state index contributed by atoms with van der Waals surface area (Å²) in [6.45, 7) is 5.45. The number of nitrogens with zero attached hydrogens (tertiary/aromatic N) is 3. The van der Waals surface area contributed by atoms with E-state index in [2.05, 4.69) is 15.3 Å². The number of carbonyl (C=O) groups excluding carboxylic acids is 1. The fourth-order valence-electron chi connectivity index (χ4n) is 1.44. The van der Waals surface area contributed by atoms with Gasteiger partial charge in [-0.05, 0) is 31.9 Å². The van der Waals surface area contributed by atoms with Gasteiger partial charge in [-0.3, -0.25) is 4.79 Å². The molecule has 0 saturated carbocycles. The summed E-state index contributed by atoms with van der Waals surface area (Å²) >= 11 is 0. The number of carbonyl (C=O) groups is 1. The van der Waals surface area contributed by atoms with Crippen molar-refractivity contribution >= 4 is 11.6 Å². The van der Waals surface area contributed by atoms with Crippen molar-refractivity contribution in [1.29, 1.82) is 0 Å². The summed E-state index contributed by atoms with van der Waals surface area (Å²) in [5.41, 5.74) is 8.52. The van der Waals surface area contributed by atoms with E-state index in [1.165, 1.54) is 0 Å².